The fraction of sp³-hybridized carbons (Fsp3) is 0.129. The number of carbonyl (C=O) groups excluding carboxylic acids is 1. The van der Waals surface area contributed by atoms with Gasteiger partial charge in [0.25, 0.3) is 0 Å². The van der Waals surface area contributed by atoms with Gasteiger partial charge < -0.3 is 19.0 Å². The molecule has 0 aliphatic rings. The Morgan fingerprint density at radius 1 is 0.833 bits per heavy atom. The first-order valence-corrected chi connectivity index (χ1v) is 12.6. The maximum atomic E-state index is 12.1. The smallest absolute Gasteiger partial charge is 0.338 e. The van der Waals surface area contributed by atoms with Crippen molar-refractivity contribution >= 4 is 39.1 Å². The number of ether oxygens (including phenoxy) is 1. The Labute approximate surface area is 241 Å². The summed E-state index contributed by atoms with van der Waals surface area (Å²) in [7, 11) is 5.08. The van der Waals surface area contributed by atoms with Crippen LogP contribution in [0.25, 0.3) is 54.3 Å². The lowest BCUT2D eigenvalue weighted by atomic mass is 10.1. The molecule has 0 saturated heterocycles. The summed E-state index contributed by atoms with van der Waals surface area (Å²) < 4.78 is 8.54. The van der Waals surface area contributed by atoms with Gasteiger partial charge >= 0.3 is 5.97 Å². The Morgan fingerprint density at radius 3 is 1.83 bits per heavy atom. The summed E-state index contributed by atoms with van der Waals surface area (Å²) in [6, 6.07) is 13.9. The number of nitrogens with zero attached hydrogens (tertiary/aromatic N) is 8. The van der Waals surface area contributed by atoms with Crippen LogP contribution in [0.3, 0.4) is 0 Å². The number of aliphatic hydroxyl groups excluding tert-OH is 1. The molecule has 0 unspecified atom stereocenters. The summed E-state index contributed by atoms with van der Waals surface area (Å²) in [6.45, 7) is 14.1. The molecule has 206 valence electrons. The van der Waals surface area contributed by atoms with E-state index in [4.69, 9.17) is 17.9 Å². The first-order valence-electron chi connectivity index (χ1n) is 12.6. The normalized spacial score (nSPS) is 10.5. The van der Waals surface area contributed by atoms with Gasteiger partial charge in [0.15, 0.2) is 11.4 Å². The second-order valence-corrected chi connectivity index (χ2v) is 9.28. The molecule has 0 amide bonds. The van der Waals surface area contributed by atoms with Crippen LogP contribution in [0.15, 0.2) is 73.6 Å². The van der Waals surface area contributed by atoms with E-state index < -0.39 is 5.97 Å². The second-order valence-electron chi connectivity index (χ2n) is 9.28. The van der Waals surface area contributed by atoms with Crippen molar-refractivity contribution in [3.63, 3.8) is 0 Å². The fourth-order valence-electron chi connectivity index (χ4n) is 4.52. The number of hydrogen-bond acceptors (Lipinski definition) is 7. The number of imidazole rings is 2. The zero-order valence-corrected chi connectivity index (χ0v) is 23.0. The Bertz CT molecular complexity index is 2050. The lowest BCUT2D eigenvalue weighted by molar-refractivity contribution is 0.0603. The highest BCUT2D eigenvalue weighted by Crippen LogP contribution is 2.29. The quantitative estimate of drug-likeness (QED) is 0.220. The van der Waals surface area contributed by atoms with E-state index in [1.807, 2.05) is 35.4 Å². The monoisotopic (exact) mass is 556 g/mol. The number of rotatable bonds is 4. The summed E-state index contributed by atoms with van der Waals surface area (Å²) in [6.07, 6.45) is 6.77. The Morgan fingerprint density at radius 2 is 1.36 bits per heavy atom. The molecule has 42 heavy (non-hydrogen) atoms. The third-order valence-corrected chi connectivity index (χ3v) is 6.66. The Kier molecular flexibility index (Phi) is 7.69. The minimum absolute atomic E-state index is 0.0682. The molecule has 11 nitrogen and oxygen atoms in total. The number of pyridine rings is 2. The predicted octanol–water partition coefficient (Wildman–Crippen LogP) is 5.65. The summed E-state index contributed by atoms with van der Waals surface area (Å²) in [5.74, 6) is -0.439. The van der Waals surface area contributed by atoms with E-state index in [1.54, 1.807) is 61.4 Å². The number of benzene rings is 2. The molecule has 0 bridgehead atoms. The van der Waals surface area contributed by atoms with E-state index in [0.717, 1.165) is 28.0 Å². The van der Waals surface area contributed by atoms with Crippen molar-refractivity contribution in [3.05, 3.63) is 108 Å². The Balaban J connectivity index is 0.000000169. The number of esters is 1. The van der Waals surface area contributed by atoms with Gasteiger partial charge in [-0.1, -0.05) is 24.3 Å². The molecule has 0 atom stereocenters. The van der Waals surface area contributed by atoms with Gasteiger partial charge in [0, 0.05) is 24.9 Å². The molecule has 0 aliphatic heterocycles. The summed E-state index contributed by atoms with van der Waals surface area (Å²) >= 11 is 0. The van der Waals surface area contributed by atoms with Crippen molar-refractivity contribution < 1.29 is 14.6 Å². The topological polar surface area (TPSA) is 117 Å². The number of fused-ring (bicyclic) bond motifs is 2. The van der Waals surface area contributed by atoms with Crippen LogP contribution in [0.1, 0.15) is 15.9 Å². The molecule has 0 aliphatic carbocycles. The zero-order chi connectivity index (χ0) is 29.8. The van der Waals surface area contributed by atoms with Crippen LogP contribution in [-0.2, 0) is 25.4 Å². The number of aliphatic hydroxyl groups is 1. The van der Waals surface area contributed by atoms with Crippen molar-refractivity contribution in [2.45, 2.75) is 6.61 Å². The first-order chi connectivity index (χ1) is 20.4. The highest BCUT2D eigenvalue weighted by Gasteiger charge is 2.16. The van der Waals surface area contributed by atoms with Gasteiger partial charge in [-0.25, -0.2) is 34.4 Å². The van der Waals surface area contributed by atoms with E-state index in [0.29, 0.717) is 39.1 Å². The maximum Gasteiger partial charge on any atom is 0.338 e. The lowest BCUT2D eigenvalue weighted by Gasteiger charge is -2.09. The standard InChI is InChI=1S/C16H12N4O2.C15H12N4O/c1-17-10-4-5-11-12(16(21)22-3)7-14(19-13(11)6-10)15-8-18-9-20(15)2;1-16-11-3-4-12-10(8-20)5-14(18-13(12)6-11)15-7-17-9-19(15)2/h4-9H,2-3H3;3-7,9,20H,8H2,2H3. The van der Waals surface area contributed by atoms with Gasteiger partial charge in [-0.3, -0.25) is 0 Å². The van der Waals surface area contributed by atoms with E-state index in [2.05, 4.69) is 29.6 Å². The molecule has 6 rings (SSSR count). The van der Waals surface area contributed by atoms with Gasteiger partial charge in [-0.05, 0) is 29.8 Å². The summed E-state index contributed by atoms with van der Waals surface area (Å²) in [5, 5.41) is 11.1. The minimum Gasteiger partial charge on any atom is -0.465 e. The minimum atomic E-state index is -0.439. The molecule has 2 aromatic carbocycles. The van der Waals surface area contributed by atoms with Crippen molar-refractivity contribution in [2.75, 3.05) is 7.11 Å². The molecule has 6 aromatic rings. The highest BCUT2D eigenvalue weighted by atomic mass is 16.5. The van der Waals surface area contributed by atoms with Gasteiger partial charge in [0.1, 0.15) is 0 Å². The van der Waals surface area contributed by atoms with Gasteiger partial charge in [-0.15, -0.1) is 0 Å². The van der Waals surface area contributed by atoms with Crippen molar-refractivity contribution in [1.82, 2.24) is 29.1 Å². The molecular weight excluding hydrogens is 532 g/mol. The molecule has 4 heterocycles. The second kappa shape index (κ2) is 11.7. The number of hydrogen-bond donors (Lipinski definition) is 1. The maximum absolute atomic E-state index is 12.1. The van der Waals surface area contributed by atoms with E-state index in [-0.39, 0.29) is 6.61 Å². The van der Waals surface area contributed by atoms with Gasteiger partial charge in [0.05, 0.1) is 91.3 Å². The molecular formula is C31H24N8O3. The van der Waals surface area contributed by atoms with E-state index in [9.17, 15) is 9.90 Å². The summed E-state index contributed by atoms with van der Waals surface area (Å²) in [5.41, 5.74) is 6.50. The van der Waals surface area contributed by atoms with Gasteiger partial charge in [-0.2, -0.15) is 0 Å². The number of carbonyl (C=O) groups is 1. The average Bonchev–Trinajstić information content (AvgIpc) is 3.66. The lowest BCUT2D eigenvalue weighted by Crippen LogP contribution is -2.04. The van der Waals surface area contributed by atoms with Crippen LogP contribution in [0.5, 0.6) is 0 Å². The molecule has 4 aromatic heterocycles. The third-order valence-electron chi connectivity index (χ3n) is 6.66. The van der Waals surface area contributed by atoms with Crippen LogP contribution in [0.4, 0.5) is 11.4 Å². The van der Waals surface area contributed by atoms with Crippen molar-refractivity contribution in [2.24, 2.45) is 14.1 Å². The molecule has 11 heteroatoms. The van der Waals surface area contributed by atoms with Crippen LogP contribution < -0.4 is 0 Å². The zero-order valence-electron chi connectivity index (χ0n) is 23.0. The molecule has 0 radical (unpaired) electrons. The molecule has 0 saturated carbocycles. The van der Waals surface area contributed by atoms with Crippen molar-refractivity contribution in [1.29, 1.82) is 0 Å². The molecule has 0 spiro atoms. The molecule has 1 N–H and O–H groups in total. The highest BCUT2D eigenvalue weighted by molar-refractivity contribution is 6.05. The van der Waals surface area contributed by atoms with Crippen LogP contribution in [0.2, 0.25) is 0 Å². The number of aryl methyl sites for hydroxylation is 2. The fourth-order valence-corrected chi connectivity index (χ4v) is 4.52. The molecule has 0 fully saturated rings. The first kappa shape index (κ1) is 27.6. The van der Waals surface area contributed by atoms with Gasteiger partial charge in [0.2, 0.25) is 0 Å². The third kappa shape index (κ3) is 5.28. The number of aromatic nitrogens is 6. The van der Waals surface area contributed by atoms with Crippen LogP contribution >= 0.6 is 0 Å². The SMILES string of the molecule is [C-]#[N+]c1ccc2c(C(=O)OC)cc(-c3cncn3C)nc2c1.[C-]#[N+]c1ccc2c(CO)cc(-c3cncn3C)nc2c1. The average molecular weight is 557 g/mol. The Hall–Kier alpha value is -5.91. The summed E-state index contributed by atoms with van der Waals surface area (Å²) in [4.78, 5) is 36.2. The van der Waals surface area contributed by atoms with E-state index in [1.165, 1.54) is 7.11 Å². The van der Waals surface area contributed by atoms with Crippen molar-refractivity contribution in [3.8, 4) is 22.8 Å². The predicted molar refractivity (Wildman–Crippen MR) is 158 cm³/mol. The number of methoxy groups -OCH3 is 1. The van der Waals surface area contributed by atoms with Crippen LogP contribution in [0, 0.1) is 13.1 Å². The van der Waals surface area contributed by atoms with E-state index >= 15 is 0 Å². The van der Waals surface area contributed by atoms with Crippen LogP contribution in [-0.4, -0.2) is 47.3 Å². The largest absolute Gasteiger partial charge is 0.465 e.